The van der Waals surface area contributed by atoms with Crippen molar-refractivity contribution in [3.8, 4) is 0 Å². The molecule has 2 atom stereocenters. The second-order valence-corrected chi connectivity index (χ2v) is 7.96. The number of aryl methyl sites for hydroxylation is 2. The summed E-state index contributed by atoms with van der Waals surface area (Å²) in [5, 5.41) is 12.2. The van der Waals surface area contributed by atoms with Gasteiger partial charge in [-0.05, 0) is 43.7 Å². The number of rotatable bonds is 3. The van der Waals surface area contributed by atoms with Crippen LogP contribution in [0.4, 0.5) is 5.69 Å². The quantitative estimate of drug-likeness (QED) is 0.697. The molecule has 0 spiro atoms. The van der Waals surface area contributed by atoms with Crippen molar-refractivity contribution in [2.24, 2.45) is 0 Å². The van der Waals surface area contributed by atoms with Crippen LogP contribution in [0.5, 0.6) is 0 Å². The van der Waals surface area contributed by atoms with Gasteiger partial charge < -0.3 is 10.7 Å². The molecular weight excluding hydrogens is 382 g/mol. The Balaban J connectivity index is 1.65. The highest BCUT2D eigenvalue weighted by atomic mass is 35.5. The van der Waals surface area contributed by atoms with Crippen LogP contribution < -0.4 is 10.7 Å². The minimum Gasteiger partial charge on any atom is -0.325 e. The smallest absolute Gasteiger partial charge is 0.240 e. The molecule has 27 heavy (non-hydrogen) atoms. The monoisotopic (exact) mass is 399 g/mol. The van der Waals surface area contributed by atoms with E-state index in [-0.39, 0.29) is 11.9 Å². The van der Waals surface area contributed by atoms with Crippen molar-refractivity contribution in [3.63, 3.8) is 0 Å². The van der Waals surface area contributed by atoms with Gasteiger partial charge in [0.15, 0.2) is 0 Å². The molecule has 0 fully saturated rings. The molecule has 0 bridgehead atoms. The Morgan fingerprint density at radius 3 is 2.52 bits per heavy atom. The second kappa shape index (κ2) is 7.25. The van der Waals surface area contributed by atoms with Crippen LogP contribution in [0.3, 0.4) is 0 Å². The molecule has 0 saturated carbocycles. The van der Waals surface area contributed by atoms with E-state index >= 15 is 0 Å². The van der Waals surface area contributed by atoms with Gasteiger partial charge in [0.1, 0.15) is 11.1 Å². The lowest BCUT2D eigenvalue weighted by atomic mass is 10.0. The van der Waals surface area contributed by atoms with Crippen LogP contribution in [0.15, 0.2) is 53.7 Å². The Morgan fingerprint density at radius 1 is 1.11 bits per heavy atom. The minimum absolute atomic E-state index is 0.0943. The summed E-state index contributed by atoms with van der Waals surface area (Å²) in [5.41, 5.74) is 6.25. The minimum atomic E-state index is -0.413. The van der Waals surface area contributed by atoms with E-state index in [0.717, 1.165) is 22.6 Å². The molecule has 1 aliphatic heterocycles. The first-order chi connectivity index (χ1) is 13.0. The van der Waals surface area contributed by atoms with Crippen LogP contribution in [0, 0.1) is 13.8 Å². The number of fused-ring (bicyclic) bond motifs is 1. The number of nitrogens with zero attached hydrogens (tertiary/aromatic N) is 3. The fraction of sp³-hybridized carbons (Fsp3) is 0.211. The normalized spacial score (nSPS) is 18.5. The standard InChI is InChI=1S/C19H18ClN5OS/c1-11-3-9-15(10-4-11)21-18(26)17-16(13-5-7-14(20)8-6-13)24-25-12(2)22-23-19(25)27-17/h3-10,16-17,24H,1-2H3,(H,21,26)/t16-,17+/m0/s1. The highest BCUT2D eigenvalue weighted by molar-refractivity contribution is 8.00. The van der Waals surface area contributed by atoms with Crippen molar-refractivity contribution in [3.05, 3.63) is 70.5 Å². The van der Waals surface area contributed by atoms with Gasteiger partial charge in [-0.25, -0.2) is 4.68 Å². The molecule has 2 N–H and O–H groups in total. The first kappa shape index (κ1) is 17.9. The first-order valence-corrected chi connectivity index (χ1v) is 9.75. The molecule has 6 nitrogen and oxygen atoms in total. The number of anilines is 1. The van der Waals surface area contributed by atoms with Gasteiger partial charge >= 0.3 is 0 Å². The largest absolute Gasteiger partial charge is 0.325 e. The molecule has 1 aromatic heterocycles. The molecule has 3 aromatic rings. The van der Waals surface area contributed by atoms with Crippen molar-refractivity contribution in [2.75, 3.05) is 10.7 Å². The van der Waals surface area contributed by atoms with Gasteiger partial charge in [0.25, 0.3) is 0 Å². The Morgan fingerprint density at radius 2 is 1.81 bits per heavy atom. The lowest BCUT2D eigenvalue weighted by Gasteiger charge is -2.32. The number of thioether (sulfide) groups is 1. The van der Waals surface area contributed by atoms with E-state index in [9.17, 15) is 4.79 Å². The van der Waals surface area contributed by atoms with Gasteiger partial charge in [0.2, 0.25) is 11.1 Å². The van der Waals surface area contributed by atoms with E-state index in [2.05, 4.69) is 20.9 Å². The number of benzene rings is 2. The zero-order valence-corrected chi connectivity index (χ0v) is 16.4. The third kappa shape index (κ3) is 3.65. The van der Waals surface area contributed by atoms with Crippen LogP contribution in [-0.4, -0.2) is 26.0 Å². The number of hydrogen-bond donors (Lipinski definition) is 2. The number of halogens is 1. The summed E-state index contributed by atoms with van der Waals surface area (Å²) in [4.78, 5) is 13.1. The molecule has 2 heterocycles. The number of carbonyl (C=O) groups excluding carboxylic acids is 1. The average Bonchev–Trinajstić information content (AvgIpc) is 3.03. The number of nitrogens with one attached hydrogen (secondary N) is 2. The highest BCUT2D eigenvalue weighted by Gasteiger charge is 2.37. The summed E-state index contributed by atoms with van der Waals surface area (Å²) in [6, 6.07) is 15.0. The van der Waals surface area contributed by atoms with Crippen molar-refractivity contribution < 1.29 is 4.79 Å². The average molecular weight is 400 g/mol. The van der Waals surface area contributed by atoms with E-state index in [4.69, 9.17) is 11.6 Å². The molecule has 138 valence electrons. The highest BCUT2D eigenvalue weighted by Crippen LogP contribution is 2.37. The van der Waals surface area contributed by atoms with E-state index in [1.807, 2.05) is 67.1 Å². The van der Waals surface area contributed by atoms with Crippen molar-refractivity contribution in [1.82, 2.24) is 14.9 Å². The molecule has 8 heteroatoms. The summed E-state index contributed by atoms with van der Waals surface area (Å²) in [5.74, 6) is 0.650. The molecule has 0 saturated heterocycles. The van der Waals surface area contributed by atoms with Crippen molar-refractivity contribution in [1.29, 1.82) is 0 Å². The summed E-state index contributed by atoms with van der Waals surface area (Å²) < 4.78 is 1.82. The Bertz CT molecular complexity index is 971. The summed E-state index contributed by atoms with van der Waals surface area (Å²) >= 11 is 7.43. The van der Waals surface area contributed by atoms with Crippen molar-refractivity contribution >= 4 is 35.0 Å². The number of hydrogen-bond acceptors (Lipinski definition) is 5. The SMILES string of the molecule is Cc1ccc(NC(=O)[C@@H]2Sc3nnc(C)n3N[C@H]2c2ccc(Cl)cc2)cc1. The predicted molar refractivity (Wildman–Crippen MR) is 108 cm³/mol. The number of amides is 1. The van der Waals surface area contributed by atoms with Crippen LogP contribution in [-0.2, 0) is 4.79 Å². The molecule has 1 amide bonds. The van der Waals surface area contributed by atoms with Crippen LogP contribution in [0.1, 0.15) is 23.0 Å². The zero-order valence-electron chi connectivity index (χ0n) is 14.8. The van der Waals surface area contributed by atoms with Gasteiger partial charge in [0, 0.05) is 10.7 Å². The lowest BCUT2D eigenvalue weighted by molar-refractivity contribution is -0.116. The molecule has 1 aliphatic rings. The fourth-order valence-corrected chi connectivity index (χ4v) is 4.18. The Kier molecular flexibility index (Phi) is 4.80. The van der Waals surface area contributed by atoms with Gasteiger partial charge in [-0.15, -0.1) is 10.2 Å². The summed E-state index contributed by atoms with van der Waals surface area (Å²) in [6.45, 7) is 3.88. The Labute approximate surface area is 166 Å². The van der Waals surface area contributed by atoms with E-state index in [0.29, 0.717) is 10.2 Å². The first-order valence-electron chi connectivity index (χ1n) is 8.49. The summed E-state index contributed by atoms with van der Waals surface area (Å²) in [6.07, 6.45) is 0. The van der Waals surface area contributed by atoms with Crippen LogP contribution in [0.2, 0.25) is 5.02 Å². The van der Waals surface area contributed by atoms with Crippen LogP contribution >= 0.6 is 23.4 Å². The molecule has 0 aliphatic carbocycles. The number of carbonyl (C=O) groups is 1. The number of aromatic nitrogens is 3. The van der Waals surface area contributed by atoms with Crippen molar-refractivity contribution in [2.45, 2.75) is 30.3 Å². The lowest BCUT2D eigenvalue weighted by Crippen LogP contribution is -2.41. The second-order valence-electron chi connectivity index (χ2n) is 6.42. The maximum absolute atomic E-state index is 13.1. The van der Waals surface area contributed by atoms with Gasteiger partial charge in [0.05, 0.1) is 6.04 Å². The van der Waals surface area contributed by atoms with Gasteiger partial charge in [-0.3, -0.25) is 4.79 Å². The fourth-order valence-electron chi connectivity index (χ4n) is 2.93. The molecule has 4 rings (SSSR count). The molecule has 0 radical (unpaired) electrons. The van der Waals surface area contributed by atoms with E-state index in [1.165, 1.54) is 11.8 Å². The van der Waals surface area contributed by atoms with Crippen LogP contribution in [0.25, 0.3) is 0 Å². The predicted octanol–water partition coefficient (Wildman–Crippen LogP) is 3.95. The van der Waals surface area contributed by atoms with E-state index in [1.54, 1.807) is 0 Å². The molecule has 2 aromatic carbocycles. The molecule has 0 unspecified atom stereocenters. The molecular formula is C19H18ClN5OS. The third-order valence-corrected chi connectivity index (χ3v) is 5.87. The van der Waals surface area contributed by atoms with Gasteiger partial charge in [-0.1, -0.05) is 53.2 Å². The Hall–Kier alpha value is -2.51. The summed E-state index contributed by atoms with van der Waals surface area (Å²) in [7, 11) is 0. The third-order valence-electron chi connectivity index (χ3n) is 4.41. The zero-order chi connectivity index (χ0) is 19.0. The maximum atomic E-state index is 13.1. The van der Waals surface area contributed by atoms with E-state index < -0.39 is 5.25 Å². The topological polar surface area (TPSA) is 71.8 Å². The maximum Gasteiger partial charge on any atom is 0.240 e. The van der Waals surface area contributed by atoms with Gasteiger partial charge in [-0.2, -0.15) is 0 Å².